The predicted octanol–water partition coefficient (Wildman–Crippen LogP) is 6.71. The molecule has 0 aliphatic heterocycles. The zero-order valence-corrected chi connectivity index (χ0v) is 28.0. The van der Waals surface area contributed by atoms with Crippen LogP contribution in [-0.4, -0.2) is 49.5 Å². The first-order valence-corrected chi connectivity index (χ1v) is 16.8. The summed E-state index contributed by atoms with van der Waals surface area (Å²) < 4.78 is 26.8. The van der Waals surface area contributed by atoms with Gasteiger partial charge < -0.3 is 10.2 Å². The van der Waals surface area contributed by atoms with Gasteiger partial charge in [0.2, 0.25) is 21.8 Å². The third kappa shape index (κ3) is 10.6. The fraction of sp³-hybridized carbons (Fsp3) is 0.394. The first kappa shape index (κ1) is 34.4. The van der Waals surface area contributed by atoms with E-state index in [0.29, 0.717) is 22.2 Å². The first-order chi connectivity index (χ1) is 20.0. The van der Waals surface area contributed by atoms with Crippen molar-refractivity contribution in [3.8, 4) is 0 Å². The van der Waals surface area contributed by atoms with E-state index in [1.807, 2.05) is 83.1 Å². The summed E-state index contributed by atoms with van der Waals surface area (Å²) in [6, 6.07) is 19.5. The molecule has 0 aliphatic rings. The Morgan fingerprint density at radius 2 is 1.51 bits per heavy atom. The lowest BCUT2D eigenvalue weighted by Crippen LogP contribution is -2.54. The van der Waals surface area contributed by atoms with E-state index in [0.717, 1.165) is 28.5 Å². The lowest BCUT2D eigenvalue weighted by molar-refractivity contribution is -0.142. The van der Waals surface area contributed by atoms with Gasteiger partial charge >= 0.3 is 0 Å². The van der Waals surface area contributed by atoms with Crippen LogP contribution in [0.25, 0.3) is 0 Å². The second-order valence-electron chi connectivity index (χ2n) is 12.0. The smallest absolute Gasteiger partial charge is 0.243 e. The van der Waals surface area contributed by atoms with Crippen molar-refractivity contribution in [3.63, 3.8) is 0 Å². The summed E-state index contributed by atoms with van der Waals surface area (Å²) in [6.45, 7) is 9.74. The largest absolute Gasteiger partial charge is 0.350 e. The minimum Gasteiger partial charge on any atom is -0.350 e. The second-order valence-corrected chi connectivity index (χ2v) is 14.7. The van der Waals surface area contributed by atoms with Crippen LogP contribution in [0.1, 0.15) is 55.9 Å². The Morgan fingerprint density at radius 3 is 2.07 bits per heavy atom. The van der Waals surface area contributed by atoms with E-state index in [9.17, 15) is 18.0 Å². The Balaban J connectivity index is 1.94. The molecular weight excluding hydrogens is 605 g/mol. The van der Waals surface area contributed by atoms with Crippen LogP contribution in [0, 0.1) is 13.8 Å². The fourth-order valence-electron chi connectivity index (χ4n) is 4.94. The van der Waals surface area contributed by atoms with Crippen LogP contribution in [0.3, 0.4) is 0 Å². The van der Waals surface area contributed by atoms with Crippen LogP contribution in [0.5, 0.6) is 0 Å². The van der Waals surface area contributed by atoms with Gasteiger partial charge in [0, 0.05) is 31.5 Å². The van der Waals surface area contributed by atoms with Crippen LogP contribution >= 0.6 is 23.2 Å². The summed E-state index contributed by atoms with van der Waals surface area (Å²) >= 11 is 12.4. The van der Waals surface area contributed by atoms with E-state index >= 15 is 0 Å². The Kier molecular flexibility index (Phi) is 11.7. The van der Waals surface area contributed by atoms with Gasteiger partial charge in [-0.15, -0.1) is 0 Å². The van der Waals surface area contributed by atoms with Gasteiger partial charge in [-0.2, -0.15) is 0 Å². The Bertz CT molecular complexity index is 1520. The van der Waals surface area contributed by atoms with Crippen molar-refractivity contribution in [1.82, 2.24) is 10.2 Å². The standard InChI is InChI=1S/C33H41Cl2N3O4S/c1-23-17-24(2)19-27(18-23)38(43(6,41)42)16-10-13-31(39)37(22-26-14-15-28(34)29(35)20-26)30(32(40)36-33(3,4)5)21-25-11-8-7-9-12-25/h7-9,11-12,14-15,17-20,30H,10,13,16,21-22H2,1-6H3,(H,36,40). The second kappa shape index (κ2) is 14.6. The highest BCUT2D eigenvalue weighted by Crippen LogP contribution is 2.26. The lowest BCUT2D eigenvalue weighted by atomic mass is 10.00. The Hall–Kier alpha value is -3.07. The van der Waals surface area contributed by atoms with Crippen molar-refractivity contribution in [2.45, 2.75) is 72.0 Å². The summed E-state index contributed by atoms with van der Waals surface area (Å²) in [5, 5.41) is 3.78. The molecule has 0 bridgehead atoms. The summed E-state index contributed by atoms with van der Waals surface area (Å²) in [6.07, 6.45) is 1.76. The lowest BCUT2D eigenvalue weighted by Gasteiger charge is -2.34. The molecule has 0 heterocycles. The monoisotopic (exact) mass is 645 g/mol. The third-order valence-electron chi connectivity index (χ3n) is 6.75. The van der Waals surface area contributed by atoms with Crippen LogP contribution < -0.4 is 9.62 Å². The van der Waals surface area contributed by atoms with E-state index in [1.165, 1.54) is 4.31 Å². The number of carbonyl (C=O) groups is 2. The van der Waals surface area contributed by atoms with Crippen molar-refractivity contribution in [1.29, 1.82) is 0 Å². The number of amides is 2. The maximum Gasteiger partial charge on any atom is 0.243 e. The molecule has 1 N–H and O–H groups in total. The molecule has 1 atom stereocenters. The number of carbonyl (C=O) groups excluding carboxylic acids is 2. The average molecular weight is 647 g/mol. The molecule has 7 nitrogen and oxygen atoms in total. The van der Waals surface area contributed by atoms with Gasteiger partial charge in [-0.3, -0.25) is 13.9 Å². The molecule has 1 unspecified atom stereocenters. The highest BCUT2D eigenvalue weighted by molar-refractivity contribution is 7.92. The molecule has 10 heteroatoms. The first-order valence-electron chi connectivity index (χ1n) is 14.2. The van der Waals surface area contributed by atoms with Crippen LogP contribution in [0.2, 0.25) is 10.0 Å². The molecule has 3 aromatic rings. The normalized spacial score (nSPS) is 12.5. The minimum atomic E-state index is -3.60. The van der Waals surface area contributed by atoms with Crippen LogP contribution in [0.4, 0.5) is 5.69 Å². The van der Waals surface area contributed by atoms with Gasteiger partial charge in [-0.25, -0.2) is 8.42 Å². The molecule has 232 valence electrons. The summed E-state index contributed by atoms with van der Waals surface area (Å²) in [4.78, 5) is 29.3. The molecule has 3 aromatic carbocycles. The van der Waals surface area contributed by atoms with Gasteiger partial charge in [0.05, 0.1) is 22.0 Å². The van der Waals surface area contributed by atoms with E-state index in [4.69, 9.17) is 23.2 Å². The zero-order chi connectivity index (χ0) is 31.9. The number of anilines is 1. The molecule has 0 fully saturated rings. The van der Waals surface area contributed by atoms with Crippen molar-refractivity contribution in [2.75, 3.05) is 17.1 Å². The van der Waals surface area contributed by atoms with Crippen molar-refractivity contribution >= 4 is 50.7 Å². The van der Waals surface area contributed by atoms with Crippen molar-refractivity contribution in [2.24, 2.45) is 0 Å². The Morgan fingerprint density at radius 1 is 0.884 bits per heavy atom. The summed E-state index contributed by atoms with van der Waals surface area (Å²) in [5.74, 6) is -0.553. The third-order valence-corrected chi connectivity index (χ3v) is 8.69. The van der Waals surface area contributed by atoms with Crippen molar-refractivity contribution in [3.05, 3.63) is 99.0 Å². The van der Waals surface area contributed by atoms with E-state index in [2.05, 4.69) is 5.32 Å². The quantitative estimate of drug-likeness (QED) is 0.237. The van der Waals surface area contributed by atoms with E-state index in [-0.39, 0.29) is 37.7 Å². The highest BCUT2D eigenvalue weighted by Gasteiger charge is 2.32. The number of sulfonamides is 1. The number of hydrogen-bond donors (Lipinski definition) is 1. The van der Waals surface area contributed by atoms with Crippen LogP contribution in [0.15, 0.2) is 66.7 Å². The number of benzene rings is 3. The van der Waals surface area contributed by atoms with Crippen molar-refractivity contribution < 1.29 is 18.0 Å². The molecule has 2 amide bonds. The predicted molar refractivity (Wildman–Crippen MR) is 176 cm³/mol. The molecule has 0 spiro atoms. The molecule has 0 saturated carbocycles. The van der Waals surface area contributed by atoms with E-state index in [1.54, 1.807) is 23.1 Å². The minimum absolute atomic E-state index is 0.0340. The van der Waals surface area contributed by atoms with E-state index < -0.39 is 21.6 Å². The fourth-order valence-corrected chi connectivity index (χ4v) is 6.21. The number of hydrogen-bond acceptors (Lipinski definition) is 4. The molecule has 43 heavy (non-hydrogen) atoms. The van der Waals surface area contributed by atoms with Gasteiger partial charge in [0.15, 0.2) is 0 Å². The molecule has 0 radical (unpaired) electrons. The van der Waals surface area contributed by atoms with Gasteiger partial charge in [-0.05, 0) is 87.6 Å². The zero-order valence-electron chi connectivity index (χ0n) is 25.7. The number of nitrogens with one attached hydrogen (secondary N) is 1. The molecular formula is C33H41Cl2N3O4S. The SMILES string of the molecule is Cc1cc(C)cc(N(CCCC(=O)N(Cc2ccc(Cl)c(Cl)c2)C(Cc2ccccc2)C(=O)NC(C)(C)C)S(C)(=O)=O)c1. The molecule has 0 saturated heterocycles. The van der Waals surface area contributed by atoms with Gasteiger partial charge in [0.25, 0.3) is 0 Å². The number of aryl methyl sites for hydroxylation is 2. The number of halogens is 2. The number of rotatable bonds is 12. The average Bonchev–Trinajstić information content (AvgIpc) is 2.88. The topological polar surface area (TPSA) is 86.8 Å². The maximum absolute atomic E-state index is 14.0. The number of nitrogens with zero attached hydrogens (tertiary/aromatic N) is 2. The molecule has 0 aromatic heterocycles. The molecule has 0 aliphatic carbocycles. The van der Waals surface area contributed by atoms with Gasteiger partial charge in [-0.1, -0.05) is 65.7 Å². The summed E-state index contributed by atoms with van der Waals surface area (Å²) in [5.41, 5.74) is 3.56. The van der Waals surface area contributed by atoms with Gasteiger partial charge in [0.1, 0.15) is 6.04 Å². The Labute approximate surface area is 266 Å². The van der Waals surface area contributed by atoms with Crippen LogP contribution in [-0.2, 0) is 32.6 Å². The summed E-state index contributed by atoms with van der Waals surface area (Å²) in [7, 11) is -3.60. The maximum atomic E-state index is 14.0. The highest BCUT2D eigenvalue weighted by atomic mass is 35.5. The molecule has 3 rings (SSSR count).